The highest BCUT2D eigenvalue weighted by Crippen LogP contribution is 2.47. The lowest BCUT2D eigenvalue weighted by molar-refractivity contribution is 0.338. The number of hydrogen-bond donors (Lipinski definition) is 0. The van der Waals surface area contributed by atoms with Gasteiger partial charge in [-0.3, -0.25) is 0 Å². The number of nitrogens with zero attached hydrogens (tertiary/aromatic N) is 2. The number of fused-ring (bicyclic) bond motifs is 2. The maximum absolute atomic E-state index is 6.22. The Kier molecular flexibility index (Phi) is 8.61. The molecule has 0 unspecified atom stereocenters. The van der Waals surface area contributed by atoms with E-state index in [9.17, 15) is 0 Å². The van der Waals surface area contributed by atoms with Crippen LogP contribution >= 0.6 is 11.8 Å². The summed E-state index contributed by atoms with van der Waals surface area (Å²) in [5.41, 5.74) is 2.40. The number of likely N-dealkylation sites (N-methyl/N-ethyl adjacent to an activating group) is 2. The molecule has 0 amide bonds. The molecule has 2 aromatic carbocycles. The van der Waals surface area contributed by atoms with Crippen molar-refractivity contribution in [3.8, 4) is 11.5 Å². The van der Waals surface area contributed by atoms with Gasteiger partial charge in [-0.15, -0.1) is 0 Å². The van der Waals surface area contributed by atoms with E-state index in [0.29, 0.717) is 0 Å². The van der Waals surface area contributed by atoms with E-state index < -0.39 is 0 Å². The molecular weight excluding hydrogens is 388 g/mol. The molecule has 1 aliphatic rings. The first-order valence-corrected chi connectivity index (χ1v) is 11.9. The van der Waals surface area contributed by atoms with Gasteiger partial charge in [0, 0.05) is 13.1 Å². The van der Waals surface area contributed by atoms with Crippen molar-refractivity contribution in [2.75, 3.05) is 39.3 Å². The average Bonchev–Trinajstić information content (AvgIpc) is 2.78. The Labute approximate surface area is 186 Å². The second-order valence-corrected chi connectivity index (χ2v) is 8.48. The Morgan fingerprint density at radius 1 is 0.700 bits per heavy atom. The van der Waals surface area contributed by atoms with E-state index >= 15 is 0 Å². The summed E-state index contributed by atoms with van der Waals surface area (Å²) in [5, 5.41) is 0. The Morgan fingerprint density at radius 3 is 1.87 bits per heavy atom. The van der Waals surface area contributed by atoms with Crippen molar-refractivity contribution in [2.45, 2.75) is 37.5 Å². The molecule has 0 aromatic heterocycles. The van der Waals surface area contributed by atoms with Crippen molar-refractivity contribution in [2.24, 2.45) is 0 Å². The van der Waals surface area contributed by atoms with Crippen LogP contribution in [0.5, 0.6) is 11.5 Å². The molecule has 0 saturated heterocycles. The van der Waals surface area contributed by atoms with Crippen LogP contribution in [0, 0.1) is 0 Å². The smallest absolute Gasteiger partial charge is 0.141 e. The highest BCUT2D eigenvalue weighted by Gasteiger charge is 2.18. The molecule has 0 aliphatic carbocycles. The zero-order valence-electron chi connectivity index (χ0n) is 18.7. The molecule has 0 fully saturated rings. The normalized spacial score (nSPS) is 13.3. The predicted molar refractivity (Wildman–Crippen MR) is 131 cm³/mol. The molecule has 1 aliphatic heterocycles. The Morgan fingerprint density at radius 2 is 1.27 bits per heavy atom. The topological polar surface area (TPSA) is 15.7 Å². The van der Waals surface area contributed by atoms with Crippen LogP contribution in [0.3, 0.4) is 0 Å². The number of benzene rings is 2. The van der Waals surface area contributed by atoms with Crippen molar-refractivity contribution >= 4 is 23.9 Å². The molecule has 2 aromatic rings. The molecule has 160 valence electrons. The maximum Gasteiger partial charge on any atom is 0.141 e. The zero-order valence-corrected chi connectivity index (χ0v) is 19.5. The molecule has 0 spiro atoms. The first kappa shape index (κ1) is 22.7. The van der Waals surface area contributed by atoms with E-state index in [-0.39, 0.29) is 0 Å². The van der Waals surface area contributed by atoms with Crippen molar-refractivity contribution in [3.05, 3.63) is 59.7 Å². The summed E-state index contributed by atoms with van der Waals surface area (Å²) in [6, 6.07) is 12.9. The third-order valence-electron chi connectivity index (χ3n) is 5.51. The molecule has 0 N–H and O–H groups in total. The van der Waals surface area contributed by atoms with E-state index in [1.807, 2.05) is 0 Å². The van der Waals surface area contributed by atoms with E-state index in [0.717, 1.165) is 50.8 Å². The van der Waals surface area contributed by atoms with Gasteiger partial charge in [-0.25, -0.2) is 0 Å². The molecule has 0 atom stereocenters. The summed E-state index contributed by atoms with van der Waals surface area (Å²) in [6.45, 7) is 15.1. The largest absolute Gasteiger partial charge is 0.455 e. The fourth-order valence-electron chi connectivity index (χ4n) is 3.46. The summed E-state index contributed by atoms with van der Waals surface area (Å²) in [4.78, 5) is 7.15. The summed E-state index contributed by atoms with van der Waals surface area (Å²) in [5.74, 6) is 1.89. The van der Waals surface area contributed by atoms with Crippen LogP contribution in [0.4, 0.5) is 0 Å². The minimum atomic E-state index is 0.942. The fraction of sp³-hybridized carbons (Fsp3) is 0.385. The first-order valence-electron chi connectivity index (χ1n) is 11.1. The standard InChI is InChI=1S/C26H34N2OS/c1-5-27(6-2)17-9-11-21-14-16-25-24(19-21)29-23-15-13-22(20-26(23)30-25)12-10-18-28(7-3)8-4/h9-16,19-20H,5-8,17-18H2,1-4H3/b11-9+,12-10+. The third-order valence-corrected chi connectivity index (χ3v) is 6.61. The quantitative estimate of drug-likeness (QED) is 0.363. The lowest BCUT2D eigenvalue weighted by Gasteiger charge is -2.20. The van der Waals surface area contributed by atoms with Gasteiger partial charge in [0.1, 0.15) is 11.5 Å². The van der Waals surface area contributed by atoms with E-state index in [2.05, 4.69) is 98.2 Å². The zero-order chi connectivity index (χ0) is 21.3. The van der Waals surface area contributed by atoms with E-state index in [1.165, 1.54) is 20.9 Å². The maximum atomic E-state index is 6.22. The molecule has 3 rings (SSSR count). The lowest BCUT2D eigenvalue weighted by Crippen LogP contribution is -2.22. The minimum Gasteiger partial charge on any atom is -0.455 e. The van der Waals surface area contributed by atoms with Gasteiger partial charge in [0.25, 0.3) is 0 Å². The molecule has 0 bridgehead atoms. The average molecular weight is 423 g/mol. The third kappa shape index (κ3) is 6.00. The van der Waals surface area contributed by atoms with Crippen LogP contribution in [0.2, 0.25) is 0 Å². The van der Waals surface area contributed by atoms with Gasteiger partial charge in [-0.2, -0.15) is 0 Å². The SMILES string of the molecule is CCN(CC)C/C=C/c1ccc2c(c1)Oc1ccc(/C=C/CN(CC)CC)cc1S2. The van der Waals surface area contributed by atoms with Crippen LogP contribution in [0.1, 0.15) is 38.8 Å². The highest BCUT2D eigenvalue weighted by atomic mass is 32.2. The fourth-order valence-corrected chi connectivity index (χ4v) is 4.44. The Balaban J connectivity index is 1.67. The molecule has 30 heavy (non-hydrogen) atoms. The van der Waals surface area contributed by atoms with Gasteiger partial charge in [-0.05, 0) is 61.6 Å². The number of rotatable bonds is 10. The summed E-state index contributed by atoms with van der Waals surface area (Å²) >= 11 is 1.79. The second kappa shape index (κ2) is 11.4. The summed E-state index contributed by atoms with van der Waals surface area (Å²) < 4.78 is 6.22. The van der Waals surface area contributed by atoms with Gasteiger partial charge in [0.15, 0.2) is 0 Å². The van der Waals surface area contributed by atoms with Gasteiger partial charge in [0.2, 0.25) is 0 Å². The van der Waals surface area contributed by atoms with Crippen LogP contribution in [-0.4, -0.2) is 49.1 Å². The minimum absolute atomic E-state index is 0.942. The van der Waals surface area contributed by atoms with Gasteiger partial charge in [-0.1, -0.05) is 75.9 Å². The van der Waals surface area contributed by atoms with Gasteiger partial charge >= 0.3 is 0 Å². The Hall–Kier alpha value is -2.01. The lowest BCUT2D eigenvalue weighted by atomic mass is 10.1. The van der Waals surface area contributed by atoms with Crippen LogP contribution in [-0.2, 0) is 0 Å². The monoisotopic (exact) mass is 422 g/mol. The van der Waals surface area contributed by atoms with Crippen molar-refractivity contribution in [1.82, 2.24) is 9.80 Å². The Bertz CT molecular complexity index is 809. The molecule has 3 nitrogen and oxygen atoms in total. The highest BCUT2D eigenvalue weighted by molar-refractivity contribution is 7.99. The van der Waals surface area contributed by atoms with Gasteiger partial charge in [0.05, 0.1) is 9.79 Å². The van der Waals surface area contributed by atoms with Crippen molar-refractivity contribution < 1.29 is 4.74 Å². The number of hydrogen-bond acceptors (Lipinski definition) is 4. The van der Waals surface area contributed by atoms with E-state index in [1.54, 1.807) is 11.8 Å². The molecule has 1 heterocycles. The molecule has 0 saturated carbocycles. The summed E-state index contributed by atoms with van der Waals surface area (Å²) in [7, 11) is 0. The van der Waals surface area contributed by atoms with Crippen LogP contribution < -0.4 is 4.74 Å². The van der Waals surface area contributed by atoms with Crippen LogP contribution in [0.25, 0.3) is 12.2 Å². The predicted octanol–water partition coefficient (Wildman–Crippen LogP) is 6.65. The van der Waals surface area contributed by atoms with Crippen LogP contribution in [0.15, 0.2) is 58.3 Å². The molecule has 4 heteroatoms. The van der Waals surface area contributed by atoms with Crippen molar-refractivity contribution in [1.29, 1.82) is 0 Å². The first-order chi connectivity index (χ1) is 14.7. The number of ether oxygens (including phenoxy) is 1. The molecular formula is C26H34N2OS. The van der Waals surface area contributed by atoms with Crippen molar-refractivity contribution in [3.63, 3.8) is 0 Å². The second-order valence-electron chi connectivity index (χ2n) is 7.39. The van der Waals surface area contributed by atoms with Gasteiger partial charge < -0.3 is 14.5 Å². The van der Waals surface area contributed by atoms with E-state index in [4.69, 9.17) is 4.74 Å². The molecule has 0 radical (unpaired) electrons. The summed E-state index contributed by atoms with van der Waals surface area (Å²) in [6.07, 6.45) is 8.87.